The van der Waals surface area contributed by atoms with Gasteiger partial charge in [0.05, 0.1) is 17.4 Å². The minimum atomic E-state index is -4.83. The van der Waals surface area contributed by atoms with Gasteiger partial charge in [-0.05, 0) is 75.7 Å². The van der Waals surface area contributed by atoms with E-state index in [2.05, 4.69) is 15.0 Å². The average Bonchev–Trinajstić information content (AvgIpc) is 3.31. The quantitative estimate of drug-likeness (QED) is 0.252. The monoisotopic (exact) mass is 653 g/mol. The molecule has 5 rings (SSSR count). The minimum Gasteiger partial charge on any atom is -0.444 e. The van der Waals surface area contributed by atoms with Gasteiger partial charge in [-0.15, -0.1) is 13.2 Å². The lowest BCUT2D eigenvalue weighted by molar-refractivity contribution is -0.274. The van der Waals surface area contributed by atoms with Gasteiger partial charge < -0.3 is 33.9 Å². The summed E-state index contributed by atoms with van der Waals surface area (Å²) in [6.07, 6.45) is -3.83. The Bertz CT molecular complexity index is 1810. The number of anilines is 1. The molecule has 1 fully saturated rings. The third kappa shape index (κ3) is 8.12. The number of hydrogen-bond donors (Lipinski definition) is 1. The van der Waals surface area contributed by atoms with Crippen LogP contribution >= 0.6 is 0 Å². The number of aryl methyl sites for hydroxylation is 2. The zero-order valence-electron chi connectivity index (χ0n) is 26.5. The number of carbonyl (C=O) groups is 3. The predicted molar refractivity (Wildman–Crippen MR) is 167 cm³/mol. The molecule has 1 saturated heterocycles. The fraction of sp³-hybridized carbons (Fsp3) is 0.333. The maximum atomic E-state index is 13.4. The number of pyridine rings is 1. The van der Waals surface area contributed by atoms with E-state index in [9.17, 15) is 27.6 Å². The topological polar surface area (TPSA) is 115 Å². The van der Waals surface area contributed by atoms with Crippen molar-refractivity contribution >= 4 is 34.5 Å². The van der Waals surface area contributed by atoms with Gasteiger partial charge >= 0.3 is 12.5 Å². The normalized spacial score (nSPS) is 13.8. The van der Waals surface area contributed by atoms with Crippen molar-refractivity contribution in [2.75, 3.05) is 31.5 Å². The van der Waals surface area contributed by atoms with Gasteiger partial charge in [-0.2, -0.15) is 0 Å². The van der Waals surface area contributed by atoms with Gasteiger partial charge in [0.15, 0.2) is 0 Å². The molecule has 11 nitrogen and oxygen atoms in total. The van der Waals surface area contributed by atoms with E-state index in [4.69, 9.17) is 9.47 Å². The summed E-state index contributed by atoms with van der Waals surface area (Å²) >= 11 is 0. The summed E-state index contributed by atoms with van der Waals surface area (Å²) in [7, 11) is 1.80. The molecular weight excluding hydrogens is 619 g/mol. The molecule has 248 valence electrons. The molecule has 2 aromatic heterocycles. The Morgan fingerprint density at radius 3 is 2.17 bits per heavy atom. The molecule has 0 aliphatic carbocycles. The van der Waals surface area contributed by atoms with Crippen LogP contribution in [0.3, 0.4) is 0 Å². The van der Waals surface area contributed by atoms with E-state index in [1.54, 1.807) is 45.7 Å². The second-order valence-corrected chi connectivity index (χ2v) is 12.0. The summed E-state index contributed by atoms with van der Waals surface area (Å²) < 4.78 is 54.5. The first kappa shape index (κ1) is 33.1. The lowest BCUT2D eigenvalue weighted by Gasteiger charge is -2.35. The van der Waals surface area contributed by atoms with E-state index in [0.29, 0.717) is 48.9 Å². The summed E-state index contributed by atoms with van der Waals surface area (Å²) in [5.41, 5.74) is 1.51. The first-order valence-electron chi connectivity index (χ1n) is 14.7. The molecular formula is C33H34F3N5O6. The van der Waals surface area contributed by atoms with Crippen LogP contribution in [0.25, 0.3) is 10.9 Å². The molecule has 4 aromatic rings. The Morgan fingerprint density at radius 2 is 1.55 bits per heavy atom. The van der Waals surface area contributed by atoms with Crippen LogP contribution in [0.2, 0.25) is 0 Å². The van der Waals surface area contributed by atoms with Gasteiger partial charge in [-0.3, -0.25) is 9.59 Å². The van der Waals surface area contributed by atoms with Gasteiger partial charge in [0.25, 0.3) is 11.8 Å². The van der Waals surface area contributed by atoms with Crippen LogP contribution in [0.1, 0.15) is 47.2 Å². The van der Waals surface area contributed by atoms with Crippen molar-refractivity contribution in [3.63, 3.8) is 0 Å². The molecule has 3 heterocycles. The number of ether oxygens (including phenoxy) is 3. The SMILES string of the molecule is Cc1cc(OC(F)(F)F)ccc1C(=O)Nc1ccc(Oc2ccc3cc(C(=O)N4CCN(C(=O)OC(C)(C)C)CC4)n(C)c3c2)nc1. The van der Waals surface area contributed by atoms with Crippen molar-refractivity contribution < 1.29 is 41.8 Å². The zero-order valence-corrected chi connectivity index (χ0v) is 26.5. The maximum Gasteiger partial charge on any atom is 0.573 e. The molecule has 47 heavy (non-hydrogen) atoms. The summed E-state index contributed by atoms with van der Waals surface area (Å²) in [6.45, 7) is 8.48. The minimum absolute atomic E-state index is 0.143. The number of amides is 3. The predicted octanol–water partition coefficient (Wildman–Crippen LogP) is 6.52. The van der Waals surface area contributed by atoms with Crippen LogP contribution in [0.15, 0.2) is 60.8 Å². The number of hydrogen-bond acceptors (Lipinski definition) is 7. The molecule has 1 aliphatic rings. The highest BCUT2D eigenvalue weighted by Crippen LogP contribution is 2.29. The van der Waals surface area contributed by atoms with E-state index < -0.39 is 29.7 Å². The maximum absolute atomic E-state index is 13.4. The van der Waals surface area contributed by atoms with Crippen LogP contribution in [0.5, 0.6) is 17.4 Å². The molecule has 14 heteroatoms. The summed E-state index contributed by atoms with van der Waals surface area (Å²) in [4.78, 5) is 46.1. The van der Waals surface area contributed by atoms with Crippen molar-refractivity contribution in [2.45, 2.75) is 39.7 Å². The van der Waals surface area contributed by atoms with Crippen molar-refractivity contribution in [3.05, 3.63) is 77.6 Å². The first-order valence-corrected chi connectivity index (χ1v) is 14.7. The van der Waals surface area contributed by atoms with Crippen molar-refractivity contribution in [3.8, 4) is 17.4 Å². The molecule has 0 atom stereocenters. The molecule has 0 saturated carbocycles. The third-order valence-electron chi connectivity index (χ3n) is 7.35. The lowest BCUT2D eigenvalue weighted by atomic mass is 10.1. The number of halogens is 3. The number of rotatable bonds is 6. The van der Waals surface area contributed by atoms with Crippen molar-refractivity contribution in [1.82, 2.24) is 19.4 Å². The number of nitrogens with one attached hydrogen (secondary N) is 1. The van der Waals surface area contributed by atoms with E-state index in [-0.39, 0.29) is 17.4 Å². The fourth-order valence-electron chi connectivity index (χ4n) is 5.08. The highest BCUT2D eigenvalue weighted by molar-refractivity contribution is 6.05. The van der Waals surface area contributed by atoms with Gasteiger partial charge in [0.1, 0.15) is 22.8 Å². The Labute approximate surface area is 268 Å². The van der Waals surface area contributed by atoms with E-state index >= 15 is 0 Å². The molecule has 0 unspecified atom stereocenters. The summed E-state index contributed by atoms with van der Waals surface area (Å²) in [6, 6.07) is 13.8. The molecule has 2 aromatic carbocycles. The second-order valence-electron chi connectivity index (χ2n) is 12.0. The highest BCUT2D eigenvalue weighted by atomic mass is 19.4. The third-order valence-corrected chi connectivity index (χ3v) is 7.35. The van der Waals surface area contributed by atoms with Gasteiger partial charge in [-0.25, -0.2) is 9.78 Å². The Morgan fingerprint density at radius 1 is 0.872 bits per heavy atom. The molecule has 1 aliphatic heterocycles. The van der Waals surface area contributed by atoms with Crippen molar-refractivity contribution in [2.24, 2.45) is 7.05 Å². The van der Waals surface area contributed by atoms with Crippen molar-refractivity contribution in [1.29, 1.82) is 0 Å². The average molecular weight is 654 g/mol. The fourth-order valence-corrected chi connectivity index (χ4v) is 5.08. The van der Waals surface area contributed by atoms with E-state index in [1.165, 1.54) is 19.2 Å². The Hall–Kier alpha value is -5.27. The molecule has 1 N–H and O–H groups in total. The number of nitrogens with zero attached hydrogens (tertiary/aromatic N) is 4. The summed E-state index contributed by atoms with van der Waals surface area (Å²) in [5.74, 6) is -0.359. The lowest BCUT2D eigenvalue weighted by Crippen LogP contribution is -2.51. The Kier molecular flexibility index (Phi) is 9.05. The second kappa shape index (κ2) is 12.9. The van der Waals surface area contributed by atoms with Gasteiger partial charge in [-0.1, -0.05) is 0 Å². The van der Waals surface area contributed by atoms with Crippen LogP contribution in [-0.4, -0.2) is 75.4 Å². The number of carbonyl (C=O) groups excluding carboxylic acids is 3. The molecule has 0 spiro atoms. The zero-order chi connectivity index (χ0) is 34.1. The number of piperazine rings is 1. The number of alkyl halides is 3. The molecule has 3 amide bonds. The largest absolute Gasteiger partial charge is 0.573 e. The smallest absolute Gasteiger partial charge is 0.444 e. The van der Waals surface area contributed by atoms with E-state index in [1.807, 2.05) is 32.9 Å². The van der Waals surface area contributed by atoms with Crippen LogP contribution in [0.4, 0.5) is 23.7 Å². The number of benzene rings is 2. The van der Waals surface area contributed by atoms with Crippen LogP contribution in [0, 0.1) is 6.92 Å². The number of fused-ring (bicyclic) bond motifs is 1. The van der Waals surface area contributed by atoms with E-state index in [0.717, 1.165) is 23.0 Å². The summed E-state index contributed by atoms with van der Waals surface area (Å²) in [5, 5.41) is 3.50. The van der Waals surface area contributed by atoms with Crippen LogP contribution < -0.4 is 14.8 Å². The van der Waals surface area contributed by atoms with Gasteiger partial charge in [0, 0.05) is 56.3 Å². The first-order chi connectivity index (χ1) is 22.1. The van der Waals surface area contributed by atoms with Gasteiger partial charge in [0.2, 0.25) is 5.88 Å². The van der Waals surface area contributed by atoms with Crippen LogP contribution in [-0.2, 0) is 11.8 Å². The standard InChI is InChI=1S/C33H34F3N5O6/c1-20-16-24(46-33(34,35)36)9-10-25(20)29(42)38-22-7-11-28(37-19-22)45-23-8-6-21-17-27(39(5)26(21)18-23)30(43)40-12-14-41(15-13-40)31(44)47-32(2,3)4/h6-11,16-19H,12-15H2,1-5H3,(H,38,42). The highest BCUT2D eigenvalue weighted by Gasteiger charge is 2.32. The Balaban J connectivity index is 1.20. The number of aromatic nitrogens is 2. The molecule has 0 bridgehead atoms. The molecule has 0 radical (unpaired) electrons.